The van der Waals surface area contributed by atoms with E-state index in [-0.39, 0.29) is 6.61 Å². The van der Waals surface area contributed by atoms with Crippen molar-refractivity contribution in [1.29, 1.82) is 0 Å². The van der Waals surface area contributed by atoms with Gasteiger partial charge in [0.1, 0.15) is 5.75 Å². The molecule has 0 saturated heterocycles. The number of ether oxygens (including phenoxy) is 1. The minimum absolute atomic E-state index is 0.00186. The van der Waals surface area contributed by atoms with Crippen molar-refractivity contribution < 1.29 is 9.84 Å². The number of anilines is 6. The van der Waals surface area contributed by atoms with E-state index in [9.17, 15) is 5.11 Å². The van der Waals surface area contributed by atoms with Crippen LogP contribution in [0.5, 0.6) is 5.75 Å². The first-order valence-electron chi connectivity index (χ1n) is 22.1. The van der Waals surface area contributed by atoms with E-state index in [0.717, 1.165) is 51.0 Å². The normalized spacial score (nSPS) is 11.9. The summed E-state index contributed by atoms with van der Waals surface area (Å²) in [6, 6.07) is 76.8. The molecule has 65 heavy (non-hydrogen) atoms. The SMILES string of the molecule is COc1ccc(N(c2ccc3ccccc3c2)c2ccc3c4cc5ccc(N(c6ccc(CO)cc6)c6ccc7ccccc7c6)cc5c5c6cc7ccccc7cc6n(c3c2)c45)cc1. The smallest absolute Gasteiger partial charge is 0.119 e. The maximum Gasteiger partial charge on any atom is 0.119 e. The third-order valence-corrected chi connectivity index (χ3v) is 13.4. The summed E-state index contributed by atoms with van der Waals surface area (Å²) in [7, 11) is 1.71. The van der Waals surface area contributed by atoms with Crippen molar-refractivity contribution in [2.75, 3.05) is 16.9 Å². The van der Waals surface area contributed by atoms with Gasteiger partial charge in [-0.3, -0.25) is 0 Å². The molecule has 2 aromatic heterocycles. The number of aliphatic hydroxyl groups is 1. The Labute approximate surface area is 375 Å². The summed E-state index contributed by atoms with van der Waals surface area (Å²) >= 11 is 0. The van der Waals surface area contributed by atoms with Gasteiger partial charge in [0.25, 0.3) is 0 Å². The van der Waals surface area contributed by atoms with Crippen LogP contribution < -0.4 is 14.5 Å². The Morgan fingerprint density at radius 2 is 0.846 bits per heavy atom. The van der Waals surface area contributed by atoms with Crippen molar-refractivity contribution in [3.8, 4) is 5.75 Å². The molecular weight excluding hydrogens is 795 g/mol. The third kappa shape index (κ3) is 5.90. The highest BCUT2D eigenvalue weighted by atomic mass is 16.5. The Bertz CT molecular complexity index is 3810. The fraction of sp³-hybridized carbons (Fsp3) is 0.0333. The van der Waals surface area contributed by atoms with Gasteiger partial charge in [-0.25, -0.2) is 0 Å². The first-order chi connectivity index (χ1) is 32.1. The predicted octanol–water partition coefficient (Wildman–Crippen LogP) is 15.9. The van der Waals surface area contributed by atoms with Crippen LogP contribution in [0, 0.1) is 0 Å². The summed E-state index contributed by atoms with van der Waals surface area (Å²) in [6.07, 6.45) is 0. The van der Waals surface area contributed by atoms with Gasteiger partial charge in [0.05, 0.1) is 30.3 Å². The molecule has 13 rings (SSSR count). The molecule has 13 aromatic rings. The summed E-state index contributed by atoms with van der Waals surface area (Å²) in [5.41, 5.74) is 10.8. The number of hydrogen-bond donors (Lipinski definition) is 1. The van der Waals surface area contributed by atoms with E-state index in [1.54, 1.807) is 7.11 Å². The van der Waals surface area contributed by atoms with E-state index >= 15 is 0 Å². The maximum atomic E-state index is 9.96. The molecule has 1 N–H and O–H groups in total. The van der Waals surface area contributed by atoms with Crippen LogP contribution >= 0.6 is 0 Å². The molecule has 11 aromatic carbocycles. The quantitative estimate of drug-likeness (QED) is 0.166. The number of aromatic nitrogens is 1. The lowest BCUT2D eigenvalue weighted by Gasteiger charge is -2.26. The minimum Gasteiger partial charge on any atom is -0.497 e. The lowest BCUT2D eigenvalue weighted by Crippen LogP contribution is -2.10. The Morgan fingerprint density at radius 3 is 1.45 bits per heavy atom. The summed E-state index contributed by atoms with van der Waals surface area (Å²) in [5, 5.41) is 24.5. The topological polar surface area (TPSA) is 40.3 Å². The Balaban J connectivity index is 1.08. The Morgan fingerprint density at radius 1 is 0.385 bits per heavy atom. The number of fused-ring (bicyclic) bond motifs is 11. The fourth-order valence-electron chi connectivity index (χ4n) is 10.3. The molecule has 5 nitrogen and oxygen atoms in total. The van der Waals surface area contributed by atoms with Crippen LogP contribution in [-0.2, 0) is 6.61 Å². The van der Waals surface area contributed by atoms with Crippen LogP contribution in [0.1, 0.15) is 5.56 Å². The van der Waals surface area contributed by atoms with E-state index in [4.69, 9.17) is 4.74 Å². The van der Waals surface area contributed by atoms with Crippen molar-refractivity contribution in [2.45, 2.75) is 6.61 Å². The van der Waals surface area contributed by atoms with Gasteiger partial charge < -0.3 is 24.0 Å². The van der Waals surface area contributed by atoms with Gasteiger partial charge in [-0.2, -0.15) is 0 Å². The molecule has 0 saturated carbocycles. The van der Waals surface area contributed by atoms with Crippen LogP contribution in [0.3, 0.4) is 0 Å². The van der Waals surface area contributed by atoms with Gasteiger partial charge in [-0.15, -0.1) is 0 Å². The molecule has 0 radical (unpaired) electrons. The molecule has 5 heteroatoms. The Hall–Kier alpha value is -8.38. The highest BCUT2D eigenvalue weighted by molar-refractivity contribution is 6.32. The van der Waals surface area contributed by atoms with Gasteiger partial charge in [0.2, 0.25) is 0 Å². The molecule has 0 aliphatic carbocycles. The predicted molar refractivity (Wildman–Crippen MR) is 273 cm³/mol. The summed E-state index contributed by atoms with van der Waals surface area (Å²) < 4.78 is 8.11. The van der Waals surface area contributed by atoms with Crippen molar-refractivity contribution in [2.24, 2.45) is 0 Å². The maximum absolute atomic E-state index is 9.96. The number of rotatable bonds is 8. The zero-order chi connectivity index (χ0) is 43.2. The van der Waals surface area contributed by atoms with Crippen LogP contribution in [0.25, 0.3) is 81.2 Å². The monoisotopic (exact) mass is 835 g/mol. The molecule has 0 unspecified atom stereocenters. The number of benzene rings is 11. The second kappa shape index (κ2) is 14.6. The van der Waals surface area contributed by atoms with Crippen LogP contribution in [0.15, 0.2) is 212 Å². The van der Waals surface area contributed by atoms with E-state index < -0.39 is 0 Å². The van der Waals surface area contributed by atoms with Crippen molar-refractivity contribution >= 4 is 115 Å². The van der Waals surface area contributed by atoms with Crippen LogP contribution in [0.4, 0.5) is 34.1 Å². The third-order valence-electron chi connectivity index (χ3n) is 13.4. The average molecular weight is 836 g/mol. The number of nitrogens with zero attached hydrogens (tertiary/aromatic N) is 3. The van der Waals surface area contributed by atoms with Gasteiger partial charge in [0, 0.05) is 55.7 Å². The highest BCUT2D eigenvalue weighted by Gasteiger charge is 2.24. The first kappa shape index (κ1) is 37.2. The molecule has 0 aliphatic rings. The molecule has 0 spiro atoms. The average Bonchev–Trinajstić information content (AvgIpc) is 3.87. The second-order valence-corrected chi connectivity index (χ2v) is 17.1. The second-order valence-electron chi connectivity index (χ2n) is 17.1. The van der Waals surface area contributed by atoms with Crippen LogP contribution in [-0.4, -0.2) is 16.6 Å². The molecule has 0 fully saturated rings. The van der Waals surface area contributed by atoms with Gasteiger partial charge in [-0.05, 0) is 152 Å². The van der Waals surface area contributed by atoms with Gasteiger partial charge in [0.15, 0.2) is 0 Å². The Kier molecular flexibility index (Phi) is 8.35. The molecule has 308 valence electrons. The van der Waals surface area contributed by atoms with E-state index in [1.807, 2.05) is 24.3 Å². The summed E-state index contributed by atoms with van der Waals surface area (Å²) in [6.45, 7) is -0.00186. The zero-order valence-corrected chi connectivity index (χ0v) is 35.6. The molecule has 2 heterocycles. The lowest BCUT2D eigenvalue weighted by atomic mass is 9.98. The molecule has 0 atom stereocenters. The minimum atomic E-state index is -0.00186. The van der Waals surface area contributed by atoms with E-state index in [1.165, 1.54) is 75.7 Å². The summed E-state index contributed by atoms with van der Waals surface area (Å²) in [5.74, 6) is 0.820. The highest BCUT2D eigenvalue weighted by Crippen LogP contribution is 2.48. The molecule has 0 bridgehead atoms. The standard InChI is InChI=1S/C60H41N3O2/c1-65-52-27-24-47(25-28-52)62(49-22-17-40-9-3-5-11-42(40)31-49)51-26-29-53-55-33-45-18-23-50(61(46-19-14-38(37-64)15-20-46)48-21-16-39-8-2-4-10-41(39)30-48)35-54(45)59-56-32-43-12-6-7-13-44(43)34-57(56)63(60(55)59)58(53)36-51/h2-36,64H,37H2,1H3. The number of hydrogen-bond acceptors (Lipinski definition) is 4. The number of methoxy groups -OCH3 is 1. The molecular formula is C60H41N3O2. The van der Waals surface area contributed by atoms with E-state index in [0.29, 0.717) is 0 Å². The zero-order valence-electron chi connectivity index (χ0n) is 35.6. The molecule has 0 aliphatic heterocycles. The fourth-order valence-corrected chi connectivity index (χ4v) is 10.3. The van der Waals surface area contributed by atoms with E-state index in [2.05, 4.69) is 202 Å². The van der Waals surface area contributed by atoms with Gasteiger partial charge >= 0.3 is 0 Å². The number of aliphatic hydroxyl groups excluding tert-OH is 1. The molecule has 0 amide bonds. The van der Waals surface area contributed by atoms with Crippen molar-refractivity contribution in [1.82, 2.24) is 4.40 Å². The first-order valence-corrected chi connectivity index (χ1v) is 22.1. The summed E-state index contributed by atoms with van der Waals surface area (Å²) in [4.78, 5) is 4.69. The van der Waals surface area contributed by atoms with Gasteiger partial charge in [-0.1, -0.05) is 109 Å². The van der Waals surface area contributed by atoms with Crippen molar-refractivity contribution in [3.05, 3.63) is 218 Å². The van der Waals surface area contributed by atoms with Crippen molar-refractivity contribution in [3.63, 3.8) is 0 Å². The lowest BCUT2D eigenvalue weighted by molar-refractivity contribution is 0.282. The van der Waals surface area contributed by atoms with Crippen LogP contribution in [0.2, 0.25) is 0 Å². The largest absolute Gasteiger partial charge is 0.497 e.